The number of aliphatic hydroxyl groups excluding tert-OH is 2. The Morgan fingerprint density at radius 1 is 0.475 bits per heavy atom. The van der Waals surface area contributed by atoms with Crippen molar-refractivity contribution in [2.24, 2.45) is 0 Å². The van der Waals surface area contributed by atoms with Gasteiger partial charge in [-0.05, 0) is 64.2 Å². The lowest BCUT2D eigenvalue weighted by Crippen LogP contribution is -2.46. The summed E-state index contributed by atoms with van der Waals surface area (Å²) < 4.78 is 5.93. The molecule has 3 atom stereocenters. The Labute approximate surface area is 379 Å². The van der Waals surface area contributed by atoms with E-state index in [0.29, 0.717) is 19.3 Å². The van der Waals surface area contributed by atoms with Gasteiger partial charge in [0, 0.05) is 6.42 Å². The van der Waals surface area contributed by atoms with Gasteiger partial charge in [-0.3, -0.25) is 9.59 Å². The second-order valence-corrected chi connectivity index (χ2v) is 18.3. The van der Waals surface area contributed by atoms with Crippen molar-refractivity contribution >= 4 is 11.9 Å². The molecule has 0 aromatic heterocycles. The number of esters is 1. The Hall–Kier alpha value is -1.92. The molecule has 0 bridgehead atoms. The summed E-state index contributed by atoms with van der Waals surface area (Å²) in [6.07, 6.45) is 57.7. The Kier molecular flexibility index (Phi) is 47.6. The van der Waals surface area contributed by atoms with E-state index in [1.165, 1.54) is 161 Å². The molecule has 0 aromatic carbocycles. The molecule has 0 rings (SSSR count). The predicted octanol–water partition coefficient (Wildman–Crippen LogP) is 16.1. The Morgan fingerprint density at radius 3 is 1.28 bits per heavy atom. The van der Waals surface area contributed by atoms with Crippen LogP contribution in [-0.2, 0) is 14.3 Å². The number of aliphatic hydroxyl groups is 2. The summed E-state index contributed by atoms with van der Waals surface area (Å²) >= 11 is 0. The van der Waals surface area contributed by atoms with Crippen LogP contribution >= 0.6 is 0 Å². The maximum atomic E-state index is 13.2. The van der Waals surface area contributed by atoms with E-state index in [9.17, 15) is 19.8 Å². The summed E-state index contributed by atoms with van der Waals surface area (Å²) in [6.45, 7) is 6.46. The average molecular weight is 858 g/mol. The van der Waals surface area contributed by atoms with Crippen molar-refractivity contribution in [2.75, 3.05) is 6.61 Å². The van der Waals surface area contributed by atoms with Gasteiger partial charge in [0.25, 0.3) is 0 Å². The number of unbranched alkanes of at least 4 members (excludes halogenated alkanes) is 30. The highest BCUT2D eigenvalue weighted by Crippen LogP contribution is 2.18. The molecule has 0 heterocycles. The van der Waals surface area contributed by atoms with Crippen molar-refractivity contribution in [3.05, 3.63) is 36.5 Å². The normalized spacial score (nSPS) is 13.5. The molecule has 61 heavy (non-hydrogen) atoms. The molecule has 0 aliphatic rings. The molecule has 0 aliphatic carbocycles. The second kappa shape index (κ2) is 49.1. The fourth-order valence-corrected chi connectivity index (χ4v) is 8.14. The van der Waals surface area contributed by atoms with Crippen LogP contribution in [0.15, 0.2) is 36.5 Å². The summed E-state index contributed by atoms with van der Waals surface area (Å²) in [5.74, 6) is -0.499. The van der Waals surface area contributed by atoms with Crippen molar-refractivity contribution in [2.45, 2.75) is 296 Å². The van der Waals surface area contributed by atoms with Crippen LogP contribution in [-0.4, -0.2) is 46.9 Å². The number of rotatable bonds is 48. The summed E-state index contributed by atoms with van der Waals surface area (Å²) in [7, 11) is 0. The van der Waals surface area contributed by atoms with Gasteiger partial charge in [0.2, 0.25) is 5.91 Å². The number of hydrogen-bond donors (Lipinski definition) is 3. The van der Waals surface area contributed by atoms with Crippen LogP contribution in [0.1, 0.15) is 278 Å². The zero-order chi connectivity index (χ0) is 44.5. The monoisotopic (exact) mass is 858 g/mol. The molecule has 3 unspecified atom stereocenters. The van der Waals surface area contributed by atoms with E-state index in [0.717, 1.165) is 70.6 Å². The van der Waals surface area contributed by atoms with Gasteiger partial charge in [0.15, 0.2) is 0 Å². The third-order valence-electron chi connectivity index (χ3n) is 12.2. The lowest BCUT2D eigenvalue weighted by molar-refractivity contribution is -0.151. The van der Waals surface area contributed by atoms with Crippen LogP contribution in [0.5, 0.6) is 0 Å². The zero-order valence-electron chi connectivity index (χ0n) is 40.8. The quantitative estimate of drug-likeness (QED) is 0.0322. The first-order valence-corrected chi connectivity index (χ1v) is 26.7. The van der Waals surface area contributed by atoms with Gasteiger partial charge in [0.1, 0.15) is 6.10 Å². The minimum absolute atomic E-state index is 0.0557. The van der Waals surface area contributed by atoms with E-state index in [2.05, 4.69) is 62.5 Å². The Bertz CT molecular complexity index is 1010. The highest BCUT2D eigenvalue weighted by atomic mass is 16.5. The summed E-state index contributed by atoms with van der Waals surface area (Å²) in [5.41, 5.74) is 0. The van der Waals surface area contributed by atoms with Gasteiger partial charge in [-0.25, -0.2) is 0 Å². The van der Waals surface area contributed by atoms with E-state index in [1.54, 1.807) is 0 Å². The van der Waals surface area contributed by atoms with Gasteiger partial charge < -0.3 is 20.3 Å². The second-order valence-electron chi connectivity index (χ2n) is 18.3. The molecular formula is C55H103NO5. The van der Waals surface area contributed by atoms with Gasteiger partial charge in [-0.1, -0.05) is 237 Å². The molecule has 0 saturated heterocycles. The van der Waals surface area contributed by atoms with Crippen LogP contribution < -0.4 is 5.32 Å². The third kappa shape index (κ3) is 44.5. The van der Waals surface area contributed by atoms with E-state index in [4.69, 9.17) is 4.74 Å². The number of carbonyl (C=O) groups is 2. The highest BCUT2D eigenvalue weighted by Gasteiger charge is 2.24. The average Bonchev–Trinajstić information content (AvgIpc) is 3.25. The molecule has 0 saturated carbocycles. The maximum Gasteiger partial charge on any atom is 0.306 e. The van der Waals surface area contributed by atoms with Gasteiger partial charge >= 0.3 is 5.97 Å². The molecular weight excluding hydrogens is 755 g/mol. The number of amides is 1. The number of nitrogens with one attached hydrogen (secondary N) is 1. The molecule has 1 amide bonds. The standard InChI is InChI=1S/C55H103NO5/c1-4-7-10-13-16-19-22-25-27-29-31-34-37-40-43-46-51(61-55(60)48-45-42-39-36-33-30-28-26-23-20-17-14-11-8-5-2)49-54(59)56-52(50-57)53(58)47-44-41-38-35-32-24-21-18-15-12-9-6-3/h16,19,25,27,31,34,51-53,57-58H,4-15,17-18,20-24,26,28-30,32-33,35-50H2,1-3H3,(H,56,59)/b19-16-,27-25-,34-31-. The fraction of sp³-hybridized carbons (Fsp3) is 0.855. The van der Waals surface area contributed by atoms with Crippen molar-refractivity contribution in [3.63, 3.8) is 0 Å². The number of allylic oxidation sites excluding steroid dienone is 6. The first kappa shape index (κ1) is 59.1. The minimum atomic E-state index is -0.795. The molecule has 6 heteroatoms. The van der Waals surface area contributed by atoms with Crippen LogP contribution in [0.4, 0.5) is 0 Å². The summed E-state index contributed by atoms with van der Waals surface area (Å²) in [5, 5.41) is 23.8. The van der Waals surface area contributed by atoms with Crippen molar-refractivity contribution in [1.29, 1.82) is 0 Å². The molecule has 0 aliphatic heterocycles. The van der Waals surface area contributed by atoms with E-state index in [-0.39, 0.29) is 24.9 Å². The zero-order valence-corrected chi connectivity index (χ0v) is 40.8. The molecule has 3 N–H and O–H groups in total. The number of hydrogen-bond acceptors (Lipinski definition) is 5. The first-order valence-electron chi connectivity index (χ1n) is 26.7. The molecule has 0 aromatic rings. The SMILES string of the molecule is CCCCC/C=C\C/C=C\C/C=C\CCCCC(CC(=O)NC(CO)C(O)CCCCCCCCCCCCCC)OC(=O)CCCCCCCCCCCCCCCCC. The van der Waals surface area contributed by atoms with E-state index in [1.807, 2.05) is 0 Å². The van der Waals surface area contributed by atoms with Gasteiger partial charge in [0.05, 0.1) is 25.2 Å². The lowest BCUT2D eigenvalue weighted by atomic mass is 10.0. The molecule has 0 fully saturated rings. The van der Waals surface area contributed by atoms with Crippen LogP contribution in [0, 0.1) is 0 Å². The third-order valence-corrected chi connectivity index (χ3v) is 12.2. The minimum Gasteiger partial charge on any atom is -0.462 e. The van der Waals surface area contributed by atoms with Crippen LogP contribution in [0.25, 0.3) is 0 Å². The van der Waals surface area contributed by atoms with Gasteiger partial charge in [-0.2, -0.15) is 0 Å². The highest BCUT2D eigenvalue weighted by molar-refractivity contribution is 5.77. The van der Waals surface area contributed by atoms with Crippen LogP contribution in [0.2, 0.25) is 0 Å². The number of carbonyl (C=O) groups excluding carboxylic acids is 2. The molecule has 0 radical (unpaired) electrons. The Morgan fingerprint density at radius 2 is 0.836 bits per heavy atom. The molecule has 6 nitrogen and oxygen atoms in total. The van der Waals surface area contributed by atoms with Crippen LogP contribution in [0.3, 0.4) is 0 Å². The van der Waals surface area contributed by atoms with E-state index < -0.39 is 18.2 Å². The van der Waals surface area contributed by atoms with Crippen molar-refractivity contribution in [1.82, 2.24) is 5.32 Å². The van der Waals surface area contributed by atoms with Gasteiger partial charge in [-0.15, -0.1) is 0 Å². The Balaban J connectivity index is 4.62. The predicted molar refractivity (Wildman–Crippen MR) is 264 cm³/mol. The van der Waals surface area contributed by atoms with E-state index >= 15 is 0 Å². The topological polar surface area (TPSA) is 95.9 Å². The largest absolute Gasteiger partial charge is 0.462 e. The smallest absolute Gasteiger partial charge is 0.306 e. The summed E-state index contributed by atoms with van der Waals surface area (Å²) in [6, 6.07) is -0.710. The molecule has 358 valence electrons. The molecule has 0 spiro atoms. The fourth-order valence-electron chi connectivity index (χ4n) is 8.14. The summed E-state index contributed by atoms with van der Waals surface area (Å²) in [4.78, 5) is 26.2. The first-order chi connectivity index (χ1) is 30.0. The van der Waals surface area contributed by atoms with Crippen molar-refractivity contribution < 1.29 is 24.5 Å². The number of ether oxygens (including phenoxy) is 1. The maximum absolute atomic E-state index is 13.2. The van der Waals surface area contributed by atoms with Crippen molar-refractivity contribution in [3.8, 4) is 0 Å². The lowest BCUT2D eigenvalue weighted by Gasteiger charge is -2.24.